The van der Waals surface area contributed by atoms with Crippen LogP contribution in [0.1, 0.15) is 13.3 Å². The molecule has 0 bridgehead atoms. The highest BCUT2D eigenvalue weighted by Gasteiger charge is 2.58. The summed E-state index contributed by atoms with van der Waals surface area (Å²) in [4.78, 5) is 23.4. The van der Waals surface area contributed by atoms with Crippen LogP contribution in [-0.4, -0.2) is 48.4 Å². The molecule has 1 fully saturated rings. The van der Waals surface area contributed by atoms with Crippen molar-refractivity contribution >= 4 is 23.7 Å². The van der Waals surface area contributed by atoms with Crippen LogP contribution >= 0.6 is 11.6 Å². The molecule has 5 nitrogen and oxygen atoms in total. The Morgan fingerprint density at radius 2 is 2.25 bits per heavy atom. The van der Waals surface area contributed by atoms with Crippen LogP contribution in [0, 0.1) is 0 Å². The number of rotatable bonds is 2. The van der Waals surface area contributed by atoms with Crippen LogP contribution in [0.25, 0.3) is 0 Å². The smallest absolute Gasteiger partial charge is 0.412 e. The second-order valence-electron chi connectivity index (χ2n) is 3.27. The summed E-state index contributed by atoms with van der Waals surface area (Å²) in [5.41, 5.74) is 0. The van der Waals surface area contributed by atoms with Crippen LogP contribution in [-0.2, 0) is 14.3 Å². The van der Waals surface area contributed by atoms with E-state index in [1.54, 1.807) is 6.92 Å². The van der Waals surface area contributed by atoms with Crippen molar-refractivity contribution in [2.75, 3.05) is 20.3 Å². The van der Waals surface area contributed by atoms with E-state index in [1.165, 1.54) is 0 Å². The first-order valence-electron chi connectivity index (χ1n) is 4.84. The summed E-state index contributed by atoms with van der Waals surface area (Å²) in [7, 11) is 1.04. The van der Waals surface area contributed by atoms with Crippen molar-refractivity contribution in [2.24, 2.45) is 0 Å². The molecule has 1 heterocycles. The Morgan fingerprint density at radius 3 is 2.75 bits per heavy atom. The third-order valence-corrected chi connectivity index (χ3v) is 2.88. The summed E-state index contributed by atoms with van der Waals surface area (Å²) in [5, 5.41) is -1.12. The number of alkyl halides is 2. The third kappa shape index (κ3) is 1.93. The first kappa shape index (κ1) is 13.0. The van der Waals surface area contributed by atoms with Gasteiger partial charge in [-0.25, -0.2) is 14.0 Å². The van der Waals surface area contributed by atoms with Gasteiger partial charge >= 0.3 is 17.9 Å². The van der Waals surface area contributed by atoms with Crippen molar-refractivity contribution in [2.45, 2.75) is 24.5 Å². The molecule has 0 aromatic heterocycles. The second-order valence-corrected chi connectivity index (χ2v) is 3.80. The van der Waals surface area contributed by atoms with E-state index < -0.39 is 23.2 Å². The molecule has 0 saturated carbocycles. The van der Waals surface area contributed by atoms with Crippen molar-refractivity contribution < 1.29 is 23.5 Å². The molecule has 0 N–H and O–H groups in total. The standard InChI is InChI=1S/C9H13ClFNO4/c1-3-16-8(14)12-5-4-6(10)9(12,11)7(13)15-2/h6H,3-5H2,1-2H3/t6-,9-/m1/s1. The lowest BCUT2D eigenvalue weighted by molar-refractivity contribution is -0.163. The minimum absolute atomic E-state index is 0.0264. The number of methoxy groups -OCH3 is 1. The Hall–Kier alpha value is -1.04. The van der Waals surface area contributed by atoms with E-state index in [2.05, 4.69) is 9.47 Å². The maximum absolute atomic E-state index is 14.4. The highest BCUT2D eigenvalue weighted by Crippen LogP contribution is 2.36. The molecule has 0 spiro atoms. The Kier molecular flexibility index (Phi) is 3.96. The molecule has 1 aliphatic heterocycles. The van der Waals surface area contributed by atoms with Gasteiger partial charge in [-0.2, -0.15) is 0 Å². The quantitative estimate of drug-likeness (QED) is 0.423. The molecule has 0 unspecified atom stereocenters. The monoisotopic (exact) mass is 253 g/mol. The van der Waals surface area contributed by atoms with Crippen LogP contribution in [0.5, 0.6) is 0 Å². The topological polar surface area (TPSA) is 55.8 Å². The van der Waals surface area contributed by atoms with E-state index in [1.807, 2.05) is 0 Å². The normalized spacial score (nSPS) is 29.0. The van der Waals surface area contributed by atoms with Gasteiger partial charge in [0.1, 0.15) is 0 Å². The number of esters is 1. The number of carbonyl (C=O) groups is 2. The van der Waals surface area contributed by atoms with E-state index in [0.717, 1.165) is 7.11 Å². The molecule has 0 radical (unpaired) electrons. The second kappa shape index (κ2) is 4.86. The molecule has 0 aromatic rings. The third-order valence-electron chi connectivity index (χ3n) is 2.37. The minimum atomic E-state index is -2.64. The van der Waals surface area contributed by atoms with E-state index in [4.69, 9.17) is 11.6 Å². The maximum Gasteiger partial charge on any atom is 0.412 e. The number of ether oxygens (including phenoxy) is 2. The summed E-state index contributed by atoms with van der Waals surface area (Å²) < 4.78 is 23.3. The molecule has 1 aliphatic rings. The van der Waals surface area contributed by atoms with Gasteiger partial charge in [0.15, 0.2) is 0 Å². The van der Waals surface area contributed by atoms with E-state index >= 15 is 0 Å². The van der Waals surface area contributed by atoms with Gasteiger partial charge in [0, 0.05) is 6.54 Å². The molecule has 16 heavy (non-hydrogen) atoms. The summed E-state index contributed by atoms with van der Waals surface area (Å²) >= 11 is 5.71. The highest BCUT2D eigenvalue weighted by atomic mass is 35.5. The summed E-state index contributed by atoms with van der Waals surface area (Å²) in [6.07, 6.45) is -0.732. The summed E-state index contributed by atoms with van der Waals surface area (Å²) in [6.45, 7) is 1.71. The summed E-state index contributed by atoms with van der Waals surface area (Å²) in [5.74, 6) is -3.82. The van der Waals surface area contributed by atoms with E-state index in [0.29, 0.717) is 4.90 Å². The first-order chi connectivity index (χ1) is 7.48. The Balaban J connectivity index is 2.93. The van der Waals surface area contributed by atoms with Gasteiger partial charge in [0.25, 0.3) is 0 Å². The zero-order chi connectivity index (χ0) is 12.3. The molecule has 0 aromatic carbocycles. The molecular weight excluding hydrogens is 241 g/mol. The first-order valence-corrected chi connectivity index (χ1v) is 5.27. The maximum atomic E-state index is 14.4. The van der Waals surface area contributed by atoms with Gasteiger partial charge in [-0.05, 0) is 13.3 Å². The predicted octanol–water partition coefficient (Wildman–Crippen LogP) is 1.29. The SMILES string of the molecule is CCOC(=O)N1CC[C@@H](Cl)[C@]1(F)C(=O)OC. The lowest BCUT2D eigenvalue weighted by atomic mass is 10.2. The van der Waals surface area contributed by atoms with Crippen molar-refractivity contribution in [3.63, 3.8) is 0 Å². The molecule has 2 atom stereocenters. The number of likely N-dealkylation sites (tertiary alicyclic amines) is 1. The van der Waals surface area contributed by atoms with Crippen molar-refractivity contribution in [3.05, 3.63) is 0 Å². The van der Waals surface area contributed by atoms with Gasteiger partial charge in [0.2, 0.25) is 0 Å². The number of nitrogens with zero attached hydrogens (tertiary/aromatic N) is 1. The predicted molar refractivity (Wildman–Crippen MR) is 53.8 cm³/mol. The number of hydrogen-bond donors (Lipinski definition) is 0. The van der Waals surface area contributed by atoms with Gasteiger partial charge < -0.3 is 9.47 Å². The zero-order valence-corrected chi connectivity index (χ0v) is 9.79. The zero-order valence-electron chi connectivity index (χ0n) is 9.03. The number of hydrogen-bond acceptors (Lipinski definition) is 4. The molecule has 1 saturated heterocycles. The Morgan fingerprint density at radius 1 is 1.62 bits per heavy atom. The summed E-state index contributed by atoms with van der Waals surface area (Å²) in [6, 6.07) is 0. The fourth-order valence-electron chi connectivity index (χ4n) is 1.57. The lowest BCUT2D eigenvalue weighted by Crippen LogP contribution is -2.54. The van der Waals surface area contributed by atoms with Crippen LogP contribution < -0.4 is 0 Å². The van der Waals surface area contributed by atoms with Crippen LogP contribution in [0.15, 0.2) is 0 Å². The fourth-order valence-corrected chi connectivity index (χ4v) is 1.88. The molecule has 1 rings (SSSR count). The highest BCUT2D eigenvalue weighted by molar-refractivity contribution is 6.23. The molecule has 0 aliphatic carbocycles. The van der Waals surface area contributed by atoms with Crippen LogP contribution in [0.3, 0.4) is 0 Å². The van der Waals surface area contributed by atoms with Gasteiger partial charge in [-0.15, -0.1) is 11.6 Å². The number of halogens is 2. The molecule has 7 heteroatoms. The lowest BCUT2D eigenvalue weighted by Gasteiger charge is -2.29. The average Bonchev–Trinajstić information content (AvgIpc) is 2.56. The molecular formula is C9H13ClFNO4. The van der Waals surface area contributed by atoms with Crippen molar-refractivity contribution in [3.8, 4) is 0 Å². The largest absolute Gasteiger partial charge is 0.465 e. The van der Waals surface area contributed by atoms with Gasteiger partial charge in [-0.3, -0.25) is 4.90 Å². The minimum Gasteiger partial charge on any atom is -0.465 e. The number of amides is 1. The Labute approximate surface area is 97.4 Å². The van der Waals surface area contributed by atoms with Gasteiger partial charge in [0.05, 0.1) is 19.1 Å². The van der Waals surface area contributed by atoms with Crippen molar-refractivity contribution in [1.29, 1.82) is 0 Å². The average molecular weight is 254 g/mol. The Bertz CT molecular complexity index is 301. The molecule has 1 amide bonds. The number of carbonyl (C=O) groups excluding carboxylic acids is 2. The van der Waals surface area contributed by atoms with Crippen LogP contribution in [0.4, 0.5) is 9.18 Å². The fraction of sp³-hybridized carbons (Fsp3) is 0.778. The van der Waals surface area contributed by atoms with Crippen LogP contribution in [0.2, 0.25) is 0 Å². The van der Waals surface area contributed by atoms with Gasteiger partial charge in [-0.1, -0.05) is 0 Å². The van der Waals surface area contributed by atoms with E-state index in [9.17, 15) is 14.0 Å². The molecule has 92 valence electrons. The van der Waals surface area contributed by atoms with E-state index in [-0.39, 0.29) is 19.6 Å². The van der Waals surface area contributed by atoms with Crippen molar-refractivity contribution in [1.82, 2.24) is 4.90 Å².